The smallest absolute Gasteiger partial charge is 0.142 e. The summed E-state index contributed by atoms with van der Waals surface area (Å²) >= 11 is 5.78. The zero-order chi connectivity index (χ0) is 11.4. The summed E-state index contributed by atoms with van der Waals surface area (Å²) in [7, 11) is 0. The van der Waals surface area contributed by atoms with Crippen LogP contribution in [0.3, 0.4) is 0 Å². The van der Waals surface area contributed by atoms with E-state index < -0.39 is 0 Å². The van der Waals surface area contributed by atoms with Crippen molar-refractivity contribution in [3.05, 3.63) is 59.1 Å². The molecule has 0 aliphatic heterocycles. The van der Waals surface area contributed by atoms with Crippen molar-refractivity contribution < 1.29 is 21.9 Å². The van der Waals surface area contributed by atoms with Gasteiger partial charge in [0, 0.05) is 28.6 Å². The topological polar surface area (TPSA) is 32.6 Å². The van der Waals surface area contributed by atoms with Crippen molar-refractivity contribution in [1.29, 1.82) is 0 Å². The number of rotatable bonds is 2. The predicted molar refractivity (Wildman–Crippen MR) is 66.8 cm³/mol. The van der Waals surface area contributed by atoms with Gasteiger partial charge in [-0.05, 0) is 24.3 Å². The number of hydrogen-bond acceptors (Lipinski definition) is 2. The van der Waals surface area contributed by atoms with Gasteiger partial charge in [-0.2, -0.15) is 0 Å². The molecule has 89 valence electrons. The zero-order valence-electron chi connectivity index (χ0n) is 8.80. The van der Waals surface area contributed by atoms with Crippen LogP contribution in [-0.2, 0) is 16.8 Å². The first-order valence-corrected chi connectivity index (χ1v) is 5.22. The summed E-state index contributed by atoms with van der Waals surface area (Å²) in [5.41, 5.74) is 1.44. The Morgan fingerprint density at radius 2 is 1.71 bits per heavy atom. The third kappa shape index (κ3) is 3.59. The quantitative estimate of drug-likeness (QED) is 0.839. The molecule has 4 heteroatoms. The molecular weight excluding hydrogens is 281 g/mol. The molecule has 2 rings (SSSR count). The third-order valence-electron chi connectivity index (χ3n) is 2.13. The standard InChI is InChI=1S/C13H10ClNO.Co/c14-12-8-4-5-10(13(12)16)9-15-11-6-2-1-3-7-11;/h1-9,16H;. The summed E-state index contributed by atoms with van der Waals surface area (Å²) < 4.78 is 0. The van der Waals surface area contributed by atoms with Crippen LogP contribution in [-0.4, -0.2) is 11.3 Å². The average Bonchev–Trinajstić information content (AvgIpc) is 2.32. The minimum atomic E-state index is 0. The molecule has 0 atom stereocenters. The molecule has 0 spiro atoms. The Morgan fingerprint density at radius 3 is 2.41 bits per heavy atom. The SMILES string of the molecule is Oc1c(Cl)cccc1C=Nc1ccccc1.[Co]. The van der Waals surface area contributed by atoms with Crippen LogP contribution in [0, 0.1) is 0 Å². The monoisotopic (exact) mass is 290 g/mol. The van der Waals surface area contributed by atoms with E-state index in [0.717, 1.165) is 5.69 Å². The van der Waals surface area contributed by atoms with Crippen LogP contribution >= 0.6 is 11.6 Å². The van der Waals surface area contributed by atoms with Gasteiger partial charge in [-0.1, -0.05) is 35.9 Å². The fourth-order valence-corrected chi connectivity index (χ4v) is 1.48. The third-order valence-corrected chi connectivity index (χ3v) is 2.43. The minimum absolute atomic E-state index is 0. The molecule has 0 unspecified atom stereocenters. The average molecular weight is 291 g/mol. The Morgan fingerprint density at radius 1 is 1.00 bits per heavy atom. The number of phenols is 1. The summed E-state index contributed by atoms with van der Waals surface area (Å²) in [5.74, 6) is 0.0591. The second-order valence-corrected chi connectivity index (χ2v) is 3.68. The van der Waals surface area contributed by atoms with Crippen molar-refractivity contribution in [1.82, 2.24) is 0 Å². The molecule has 0 heterocycles. The van der Waals surface area contributed by atoms with Crippen LogP contribution in [0.5, 0.6) is 5.75 Å². The van der Waals surface area contributed by atoms with Crippen LogP contribution in [0.15, 0.2) is 53.5 Å². The maximum absolute atomic E-state index is 9.65. The van der Waals surface area contributed by atoms with Crippen LogP contribution in [0.1, 0.15) is 5.56 Å². The van der Waals surface area contributed by atoms with Gasteiger partial charge in [-0.3, -0.25) is 4.99 Å². The molecule has 0 saturated carbocycles. The van der Waals surface area contributed by atoms with E-state index in [-0.39, 0.29) is 22.5 Å². The fourth-order valence-electron chi connectivity index (χ4n) is 1.29. The summed E-state index contributed by atoms with van der Waals surface area (Å²) in [6.07, 6.45) is 1.59. The Labute approximate surface area is 115 Å². The van der Waals surface area contributed by atoms with Crippen molar-refractivity contribution >= 4 is 23.5 Å². The first-order valence-electron chi connectivity index (χ1n) is 4.84. The molecule has 1 N–H and O–H groups in total. The largest absolute Gasteiger partial charge is 0.506 e. The number of hydrogen-bond donors (Lipinski definition) is 1. The molecule has 17 heavy (non-hydrogen) atoms. The summed E-state index contributed by atoms with van der Waals surface area (Å²) in [5, 5.41) is 9.98. The molecule has 0 aliphatic carbocycles. The van der Waals surface area contributed by atoms with Crippen LogP contribution in [0.4, 0.5) is 5.69 Å². The normalized spacial score (nSPS) is 10.2. The van der Waals surface area contributed by atoms with E-state index in [1.54, 1.807) is 24.4 Å². The molecule has 2 aromatic carbocycles. The summed E-state index contributed by atoms with van der Waals surface area (Å²) in [6, 6.07) is 14.7. The molecule has 1 radical (unpaired) electrons. The molecule has 0 saturated heterocycles. The summed E-state index contributed by atoms with van der Waals surface area (Å²) in [4.78, 5) is 4.23. The van der Waals surface area contributed by atoms with E-state index in [4.69, 9.17) is 11.6 Å². The minimum Gasteiger partial charge on any atom is -0.506 e. The Hall–Kier alpha value is -1.29. The second-order valence-electron chi connectivity index (χ2n) is 3.27. The van der Waals surface area contributed by atoms with Gasteiger partial charge in [0.25, 0.3) is 0 Å². The number of phenolic OH excluding ortho intramolecular Hbond substituents is 1. The van der Waals surface area contributed by atoms with Crippen LogP contribution in [0.2, 0.25) is 5.02 Å². The van der Waals surface area contributed by atoms with Gasteiger partial charge < -0.3 is 5.11 Å². The molecule has 0 fully saturated rings. The molecule has 0 aromatic heterocycles. The van der Waals surface area contributed by atoms with Gasteiger partial charge in [0.1, 0.15) is 5.75 Å². The maximum Gasteiger partial charge on any atom is 0.142 e. The van der Waals surface area contributed by atoms with Gasteiger partial charge in [0.2, 0.25) is 0 Å². The van der Waals surface area contributed by atoms with Crippen molar-refractivity contribution in [3.8, 4) is 5.75 Å². The van der Waals surface area contributed by atoms with E-state index in [1.807, 2.05) is 30.3 Å². The fraction of sp³-hybridized carbons (Fsp3) is 0. The molecule has 0 bridgehead atoms. The van der Waals surface area contributed by atoms with Crippen molar-refractivity contribution in [2.75, 3.05) is 0 Å². The van der Waals surface area contributed by atoms with Crippen molar-refractivity contribution in [2.24, 2.45) is 4.99 Å². The number of aliphatic imine (C=N–C) groups is 1. The van der Waals surface area contributed by atoms with Gasteiger partial charge >= 0.3 is 0 Å². The van der Waals surface area contributed by atoms with E-state index in [0.29, 0.717) is 10.6 Å². The van der Waals surface area contributed by atoms with Crippen LogP contribution in [0.25, 0.3) is 0 Å². The van der Waals surface area contributed by atoms with E-state index in [9.17, 15) is 5.11 Å². The number of nitrogens with zero attached hydrogens (tertiary/aromatic N) is 1. The van der Waals surface area contributed by atoms with E-state index in [2.05, 4.69) is 4.99 Å². The Bertz CT molecular complexity index is 514. The number of halogens is 1. The summed E-state index contributed by atoms with van der Waals surface area (Å²) in [6.45, 7) is 0. The zero-order valence-corrected chi connectivity index (χ0v) is 10.6. The van der Waals surface area contributed by atoms with E-state index >= 15 is 0 Å². The van der Waals surface area contributed by atoms with Gasteiger partial charge in [-0.25, -0.2) is 0 Å². The maximum atomic E-state index is 9.65. The number of para-hydroxylation sites is 2. The molecular formula is C13H10ClCoNO. The molecule has 0 aliphatic rings. The van der Waals surface area contributed by atoms with Crippen molar-refractivity contribution in [3.63, 3.8) is 0 Å². The molecule has 0 amide bonds. The van der Waals surface area contributed by atoms with Crippen molar-refractivity contribution in [2.45, 2.75) is 0 Å². The van der Waals surface area contributed by atoms with Gasteiger partial charge in [0.15, 0.2) is 0 Å². The van der Waals surface area contributed by atoms with Gasteiger partial charge in [-0.15, -0.1) is 0 Å². The predicted octanol–water partition coefficient (Wildman–Crippen LogP) is 3.79. The Balaban J connectivity index is 0.00000144. The first kappa shape index (κ1) is 13.8. The number of aromatic hydroxyl groups is 1. The molecule has 2 nitrogen and oxygen atoms in total. The number of benzene rings is 2. The van der Waals surface area contributed by atoms with E-state index in [1.165, 1.54) is 0 Å². The second kappa shape index (κ2) is 6.44. The van der Waals surface area contributed by atoms with Crippen LogP contribution < -0.4 is 0 Å². The Kier molecular flexibility index (Phi) is 5.22. The van der Waals surface area contributed by atoms with Gasteiger partial charge in [0.05, 0.1) is 10.7 Å². The first-order chi connectivity index (χ1) is 7.77. The molecule has 2 aromatic rings.